The molecule has 0 radical (unpaired) electrons. The summed E-state index contributed by atoms with van der Waals surface area (Å²) in [5.74, 6) is 0.0400. The third-order valence-electron chi connectivity index (χ3n) is 3.16. The highest BCUT2D eigenvalue weighted by molar-refractivity contribution is 6.09. The van der Waals surface area contributed by atoms with Crippen molar-refractivity contribution in [3.8, 4) is 0 Å². The molecule has 1 aromatic carbocycles. The number of carbonyl (C=O) groups is 2. The molecule has 2 heteroatoms. The fourth-order valence-electron chi connectivity index (χ4n) is 2.24. The molecule has 0 spiro atoms. The van der Waals surface area contributed by atoms with Crippen molar-refractivity contribution < 1.29 is 9.59 Å². The predicted molar refractivity (Wildman–Crippen MR) is 74.1 cm³/mol. The van der Waals surface area contributed by atoms with E-state index in [1.165, 1.54) is 0 Å². The molecule has 0 saturated carbocycles. The second-order valence-electron chi connectivity index (χ2n) is 4.55. The molecule has 0 unspecified atom stereocenters. The van der Waals surface area contributed by atoms with Crippen LogP contribution in [0, 0.1) is 0 Å². The molecule has 1 aromatic rings. The van der Waals surface area contributed by atoms with E-state index >= 15 is 0 Å². The van der Waals surface area contributed by atoms with Gasteiger partial charge in [-0.25, -0.2) is 0 Å². The highest BCUT2D eigenvalue weighted by Crippen LogP contribution is 2.19. The van der Waals surface area contributed by atoms with Crippen molar-refractivity contribution in [3.63, 3.8) is 0 Å². The molecular formula is C16H22O2. The molecule has 0 aliphatic rings. The lowest BCUT2D eigenvalue weighted by Crippen LogP contribution is -2.12. The first-order chi connectivity index (χ1) is 8.63. The maximum absolute atomic E-state index is 12.3. The van der Waals surface area contributed by atoms with E-state index in [-0.39, 0.29) is 18.0 Å². The molecule has 98 valence electrons. The zero-order valence-corrected chi connectivity index (χ0v) is 11.6. The zero-order chi connectivity index (χ0) is 13.5. The Bertz CT molecular complexity index is 410. The maximum atomic E-state index is 12.3. The summed E-state index contributed by atoms with van der Waals surface area (Å²) in [6.07, 6.45) is 3.02. The highest BCUT2D eigenvalue weighted by atomic mass is 16.1. The third kappa shape index (κ3) is 3.52. The van der Waals surface area contributed by atoms with E-state index in [9.17, 15) is 9.59 Å². The van der Waals surface area contributed by atoms with Crippen LogP contribution in [0.5, 0.6) is 0 Å². The Hall–Kier alpha value is -1.44. The topological polar surface area (TPSA) is 34.1 Å². The number of hydrogen-bond acceptors (Lipinski definition) is 2. The minimum absolute atomic E-state index is 0.0113. The molecule has 0 saturated heterocycles. The molecule has 2 nitrogen and oxygen atoms in total. The lowest BCUT2D eigenvalue weighted by molar-refractivity contribution is -0.118. The van der Waals surface area contributed by atoms with Gasteiger partial charge in [-0.15, -0.1) is 0 Å². The molecule has 0 fully saturated rings. The van der Waals surface area contributed by atoms with Gasteiger partial charge in [0, 0.05) is 12.0 Å². The summed E-state index contributed by atoms with van der Waals surface area (Å²) in [5, 5.41) is 0. The van der Waals surface area contributed by atoms with E-state index in [1.54, 1.807) is 0 Å². The van der Waals surface area contributed by atoms with Gasteiger partial charge < -0.3 is 0 Å². The Labute approximate surface area is 109 Å². The SMILES string of the molecule is CCCC(=O)CC(=O)c1c(CC)cccc1CC. The number of rotatable bonds is 7. The summed E-state index contributed by atoms with van der Waals surface area (Å²) in [5.41, 5.74) is 2.90. The van der Waals surface area contributed by atoms with E-state index < -0.39 is 0 Å². The summed E-state index contributed by atoms with van der Waals surface area (Å²) in [6.45, 7) is 6.04. The second-order valence-corrected chi connectivity index (χ2v) is 4.55. The van der Waals surface area contributed by atoms with Crippen LogP contribution in [0.2, 0.25) is 0 Å². The largest absolute Gasteiger partial charge is 0.299 e. The number of carbonyl (C=O) groups excluding carboxylic acids is 2. The van der Waals surface area contributed by atoms with E-state index in [0.29, 0.717) is 6.42 Å². The lowest BCUT2D eigenvalue weighted by atomic mass is 9.92. The first kappa shape index (κ1) is 14.6. The summed E-state index contributed by atoms with van der Waals surface area (Å²) in [4.78, 5) is 23.9. The van der Waals surface area contributed by atoms with E-state index in [1.807, 2.05) is 39.0 Å². The number of benzene rings is 1. The van der Waals surface area contributed by atoms with Gasteiger partial charge in [-0.2, -0.15) is 0 Å². The van der Waals surface area contributed by atoms with Crippen molar-refractivity contribution in [1.82, 2.24) is 0 Å². The third-order valence-corrected chi connectivity index (χ3v) is 3.16. The summed E-state index contributed by atoms with van der Waals surface area (Å²) < 4.78 is 0. The van der Waals surface area contributed by atoms with Crippen molar-refractivity contribution in [2.24, 2.45) is 0 Å². The number of ketones is 2. The zero-order valence-electron chi connectivity index (χ0n) is 11.6. The molecule has 18 heavy (non-hydrogen) atoms. The number of hydrogen-bond donors (Lipinski definition) is 0. The molecule has 0 heterocycles. The molecule has 0 bridgehead atoms. The van der Waals surface area contributed by atoms with Crippen molar-refractivity contribution in [2.75, 3.05) is 0 Å². The van der Waals surface area contributed by atoms with Crippen LogP contribution >= 0.6 is 0 Å². The van der Waals surface area contributed by atoms with E-state index in [2.05, 4.69) is 0 Å². The van der Waals surface area contributed by atoms with E-state index in [0.717, 1.165) is 36.0 Å². The van der Waals surface area contributed by atoms with Crippen LogP contribution in [-0.2, 0) is 17.6 Å². The number of Topliss-reactive ketones (excluding diaryl/α,β-unsaturated/α-hetero) is 2. The van der Waals surface area contributed by atoms with Crippen LogP contribution in [0.3, 0.4) is 0 Å². The Kier molecular flexibility index (Phi) is 5.76. The first-order valence-electron chi connectivity index (χ1n) is 6.79. The summed E-state index contributed by atoms with van der Waals surface area (Å²) in [6, 6.07) is 5.95. The Morgan fingerprint density at radius 1 is 1.00 bits per heavy atom. The lowest BCUT2D eigenvalue weighted by Gasteiger charge is -2.11. The molecular weight excluding hydrogens is 224 g/mol. The quantitative estimate of drug-likeness (QED) is 0.542. The Morgan fingerprint density at radius 2 is 1.56 bits per heavy atom. The average molecular weight is 246 g/mol. The van der Waals surface area contributed by atoms with Gasteiger partial charge in [0.15, 0.2) is 5.78 Å². The van der Waals surface area contributed by atoms with Gasteiger partial charge >= 0.3 is 0 Å². The molecule has 0 N–H and O–H groups in total. The standard InChI is InChI=1S/C16H22O2/c1-4-8-14(17)11-15(18)16-12(5-2)9-7-10-13(16)6-3/h7,9-10H,4-6,8,11H2,1-3H3. The van der Waals surface area contributed by atoms with Crippen molar-refractivity contribution in [3.05, 3.63) is 34.9 Å². The van der Waals surface area contributed by atoms with Crippen LogP contribution < -0.4 is 0 Å². The molecule has 0 aromatic heterocycles. The van der Waals surface area contributed by atoms with Crippen LogP contribution in [0.4, 0.5) is 0 Å². The molecule has 0 amide bonds. The highest BCUT2D eigenvalue weighted by Gasteiger charge is 2.17. The average Bonchev–Trinajstić information content (AvgIpc) is 2.37. The smallest absolute Gasteiger partial charge is 0.170 e. The first-order valence-corrected chi connectivity index (χ1v) is 6.79. The predicted octanol–water partition coefficient (Wildman–Crippen LogP) is 3.75. The van der Waals surface area contributed by atoms with Crippen LogP contribution in [0.25, 0.3) is 0 Å². The van der Waals surface area contributed by atoms with Gasteiger partial charge in [-0.3, -0.25) is 9.59 Å². The monoisotopic (exact) mass is 246 g/mol. The van der Waals surface area contributed by atoms with Gasteiger partial charge in [0.05, 0.1) is 6.42 Å². The van der Waals surface area contributed by atoms with E-state index in [4.69, 9.17) is 0 Å². The van der Waals surface area contributed by atoms with Gasteiger partial charge in [0.25, 0.3) is 0 Å². The molecule has 0 atom stereocenters. The summed E-state index contributed by atoms with van der Waals surface area (Å²) >= 11 is 0. The Balaban J connectivity index is 3.00. The van der Waals surface area contributed by atoms with Gasteiger partial charge in [0.2, 0.25) is 0 Å². The van der Waals surface area contributed by atoms with Crippen LogP contribution in [-0.4, -0.2) is 11.6 Å². The van der Waals surface area contributed by atoms with Gasteiger partial charge in [0.1, 0.15) is 5.78 Å². The normalized spacial score (nSPS) is 10.4. The molecule has 1 rings (SSSR count). The second kappa shape index (κ2) is 7.10. The Morgan fingerprint density at radius 3 is 2.00 bits per heavy atom. The van der Waals surface area contributed by atoms with Gasteiger partial charge in [-0.1, -0.05) is 39.0 Å². The van der Waals surface area contributed by atoms with Crippen molar-refractivity contribution in [1.29, 1.82) is 0 Å². The number of aryl methyl sites for hydroxylation is 2. The maximum Gasteiger partial charge on any atom is 0.170 e. The minimum Gasteiger partial charge on any atom is -0.299 e. The van der Waals surface area contributed by atoms with Crippen LogP contribution in [0.1, 0.15) is 61.5 Å². The van der Waals surface area contributed by atoms with Crippen molar-refractivity contribution >= 4 is 11.6 Å². The van der Waals surface area contributed by atoms with Gasteiger partial charge in [-0.05, 0) is 30.4 Å². The minimum atomic E-state index is -0.0113. The van der Waals surface area contributed by atoms with Crippen molar-refractivity contribution in [2.45, 2.75) is 52.9 Å². The van der Waals surface area contributed by atoms with Crippen LogP contribution in [0.15, 0.2) is 18.2 Å². The molecule has 0 aliphatic heterocycles. The fourth-order valence-corrected chi connectivity index (χ4v) is 2.24. The fraction of sp³-hybridized carbons (Fsp3) is 0.500. The summed E-state index contributed by atoms with van der Waals surface area (Å²) in [7, 11) is 0. The molecule has 0 aliphatic carbocycles.